The van der Waals surface area contributed by atoms with Crippen LogP contribution in [0.5, 0.6) is 0 Å². The number of nitrogens with zero attached hydrogens (tertiary/aromatic N) is 1. The zero-order chi connectivity index (χ0) is 14.7. The minimum Gasteiger partial charge on any atom is -0.376 e. The molecule has 20 heavy (non-hydrogen) atoms. The van der Waals surface area contributed by atoms with Crippen LogP contribution < -0.4 is 10.2 Å². The third kappa shape index (κ3) is 3.52. The lowest BCUT2D eigenvalue weighted by Gasteiger charge is -2.18. The van der Waals surface area contributed by atoms with Gasteiger partial charge in [0, 0.05) is 22.1 Å². The lowest BCUT2D eigenvalue weighted by atomic mass is 10.2. The summed E-state index contributed by atoms with van der Waals surface area (Å²) in [6.07, 6.45) is 0. The highest BCUT2D eigenvalue weighted by Crippen LogP contribution is 2.26. The van der Waals surface area contributed by atoms with Crippen LogP contribution in [0.15, 0.2) is 46.9 Å². The summed E-state index contributed by atoms with van der Waals surface area (Å²) in [6.45, 7) is 0. The van der Waals surface area contributed by atoms with Gasteiger partial charge in [0.05, 0.1) is 16.9 Å². The summed E-state index contributed by atoms with van der Waals surface area (Å²) >= 11 is 5.61. The van der Waals surface area contributed by atoms with Crippen molar-refractivity contribution in [3.05, 3.63) is 56.1 Å². The Balaban J connectivity index is 2.31. The van der Waals surface area contributed by atoms with Crippen molar-refractivity contribution < 1.29 is 4.79 Å². The summed E-state index contributed by atoms with van der Waals surface area (Å²) in [6, 6.07) is 13.4. The Morgan fingerprint density at radius 2 is 1.90 bits per heavy atom. The van der Waals surface area contributed by atoms with Crippen LogP contribution in [-0.2, 0) is 0 Å². The van der Waals surface area contributed by atoms with Gasteiger partial charge < -0.3 is 10.2 Å². The lowest BCUT2D eigenvalue weighted by molar-refractivity contribution is 0.102. The van der Waals surface area contributed by atoms with Crippen LogP contribution in [-0.4, -0.2) is 20.0 Å². The highest BCUT2D eigenvalue weighted by atomic mass is 127. The van der Waals surface area contributed by atoms with E-state index in [0.29, 0.717) is 5.56 Å². The molecule has 0 spiro atoms. The van der Waals surface area contributed by atoms with E-state index in [-0.39, 0.29) is 5.91 Å². The van der Waals surface area contributed by atoms with E-state index in [1.54, 1.807) is 0 Å². The first-order valence-electron chi connectivity index (χ1n) is 6.02. The molecule has 0 aliphatic rings. The van der Waals surface area contributed by atoms with Gasteiger partial charge in [0.1, 0.15) is 0 Å². The molecule has 0 atom stereocenters. The normalized spacial score (nSPS) is 10.2. The molecule has 1 amide bonds. The van der Waals surface area contributed by atoms with E-state index in [1.807, 2.05) is 61.5 Å². The molecule has 0 saturated carbocycles. The quantitative estimate of drug-likeness (QED) is 0.713. The number of hydrogen-bond donors (Lipinski definition) is 1. The Kier molecular flexibility index (Phi) is 5.04. The van der Waals surface area contributed by atoms with Gasteiger partial charge in [-0.25, -0.2) is 0 Å². The molecule has 1 N–H and O–H groups in total. The minimum absolute atomic E-state index is 0.121. The second kappa shape index (κ2) is 6.58. The van der Waals surface area contributed by atoms with E-state index in [0.717, 1.165) is 19.4 Å². The van der Waals surface area contributed by atoms with Crippen molar-refractivity contribution in [2.45, 2.75) is 0 Å². The number of anilines is 2. The number of amides is 1. The first kappa shape index (κ1) is 15.3. The van der Waals surface area contributed by atoms with E-state index >= 15 is 0 Å². The zero-order valence-corrected chi connectivity index (χ0v) is 14.9. The molecular weight excluding hydrogens is 431 g/mol. The van der Waals surface area contributed by atoms with Gasteiger partial charge in [-0.2, -0.15) is 0 Å². The van der Waals surface area contributed by atoms with Gasteiger partial charge >= 0.3 is 0 Å². The van der Waals surface area contributed by atoms with E-state index in [4.69, 9.17) is 0 Å². The molecule has 0 saturated heterocycles. The summed E-state index contributed by atoms with van der Waals surface area (Å²) in [7, 11) is 3.90. The predicted molar refractivity (Wildman–Crippen MR) is 95.6 cm³/mol. The second-order valence-electron chi connectivity index (χ2n) is 4.49. The van der Waals surface area contributed by atoms with Crippen LogP contribution in [0.1, 0.15) is 10.4 Å². The number of halogens is 2. The number of para-hydroxylation sites is 2. The van der Waals surface area contributed by atoms with Crippen molar-refractivity contribution in [1.29, 1.82) is 0 Å². The Morgan fingerprint density at radius 1 is 1.20 bits per heavy atom. The van der Waals surface area contributed by atoms with Crippen molar-refractivity contribution in [2.24, 2.45) is 0 Å². The van der Waals surface area contributed by atoms with Gasteiger partial charge in [0.15, 0.2) is 0 Å². The molecule has 2 aromatic carbocycles. The van der Waals surface area contributed by atoms with Crippen LogP contribution in [0.3, 0.4) is 0 Å². The largest absolute Gasteiger partial charge is 0.376 e. The van der Waals surface area contributed by atoms with Gasteiger partial charge in [-0.05, 0) is 68.9 Å². The molecule has 0 bridgehead atoms. The summed E-state index contributed by atoms with van der Waals surface area (Å²) in [5.41, 5.74) is 2.40. The molecule has 5 heteroatoms. The molecule has 0 heterocycles. The van der Waals surface area contributed by atoms with Gasteiger partial charge in [-0.3, -0.25) is 4.79 Å². The number of rotatable bonds is 3. The topological polar surface area (TPSA) is 32.3 Å². The number of carbonyl (C=O) groups is 1. The maximum absolute atomic E-state index is 12.4. The third-order valence-electron chi connectivity index (χ3n) is 2.81. The predicted octanol–water partition coefficient (Wildman–Crippen LogP) is 4.37. The summed E-state index contributed by atoms with van der Waals surface area (Å²) < 4.78 is 1.81. The number of carbonyl (C=O) groups excluding carboxylic acids is 1. The van der Waals surface area contributed by atoms with Crippen LogP contribution in [0.4, 0.5) is 11.4 Å². The SMILES string of the molecule is CN(C)c1ccccc1NC(=O)c1cc(I)ccc1Br. The first-order chi connectivity index (χ1) is 9.49. The van der Waals surface area contributed by atoms with Crippen LogP contribution in [0.2, 0.25) is 0 Å². The fourth-order valence-corrected chi connectivity index (χ4v) is 2.75. The standard InChI is InChI=1S/C15H14BrIN2O/c1-19(2)14-6-4-3-5-13(14)18-15(20)11-9-10(17)7-8-12(11)16/h3-9H,1-2H3,(H,18,20). The molecule has 0 radical (unpaired) electrons. The van der Waals surface area contributed by atoms with E-state index in [9.17, 15) is 4.79 Å². The molecule has 2 aromatic rings. The molecule has 104 valence electrons. The van der Waals surface area contributed by atoms with Gasteiger partial charge in [0.2, 0.25) is 0 Å². The molecule has 2 rings (SSSR count). The van der Waals surface area contributed by atoms with Gasteiger partial charge in [0.25, 0.3) is 5.91 Å². The van der Waals surface area contributed by atoms with Crippen molar-refractivity contribution in [1.82, 2.24) is 0 Å². The van der Waals surface area contributed by atoms with E-state index < -0.39 is 0 Å². The fourth-order valence-electron chi connectivity index (χ4n) is 1.83. The lowest BCUT2D eigenvalue weighted by Crippen LogP contribution is -2.17. The highest BCUT2D eigenvalue weighted by Gasteiger charge is 2.13. The van der Waals surface area contributed by atoms with Crippen molar-refractivity contribution in [3.8, 4) is 0 Å². The number of benzene rings is 2. The Bertz CT molecular complexity index is 644. The average Bonchev–Trinajstić information content (AvgIpc) is 2.41. The maximum Gasteiger partial charge on any atom is 0.256 e. The van der Waals surface area contributed by atoms with Crippen molar-refractivity contribution in [3.63, 3.8) is 0 Å². The molecule has 0 aromatic heterocycles. The van der Waals surface area contributed by atoms with Crippen LogP contribution in [0, 0.1) is 3.57 Å². The van der Waals surface area contributed by atoms with Gasteiger partial charge in [-0.15, -0.1) is 0 Å². The summed E-state index contributed by atoms with van der Waals surface area (Å²) in [5, 5.41) is 2.96. The van der Waals surface area contributed by atoms with Crippen molar-refractivity contribution >= 4 is 55.8 Å². The second-order valence-corrected chi connectivity index (χ2v) is 6.59. The number of nitrogens with one attached hydrogen (secondary N) is 1. The first-order valence-corrected chi connectivity index (χ1v) is 7.89. The van der Waals surface area contributed by atoms with Crippen LogP contribution >= 0.6 is 38.5 Å². The zero-order valence-electron chi connectivity index (χ0n) is 11.2. The van der Waals surface area contributed by atoms with Crippen molar-refractivity contribution in [2.75, 3.05) is 24.3 Å². The van der Waals surface area contributed by atoms with E-state index in [2.05, 4.69) is 43.8 Å². The molecule has 0 fully saturated rings. The fraction of sp³-hybridized carbons (Fsp3) is 0.133. The highest BCUT2D eigenvalue weighted by molar-refractivity contribution is 14.1. The van der Waals surface area contributed by atoms with Crippen LogP contribution in [0.25, 0.3) is 0 Å². The Morgan fingerprint density at radius 3 is 2.60 bits per heavy atom. The summed E-state index contributed by atoms with van der Waals surface area (Å²) in [4.78, 5) is 14.4. The monoisotopic (exact) mass is 444 g/mol. The molecule has 0 unspecified atom stereocenters. The number of hydrogen-bond acceptors (Lipinski definition) is 2. The molecular formula is C15H14BrIN2O. The molecule has 3 nitrogen and oxygen atoms in total. The average molecular weight is 445 g/mol. The molecule has 0 aliphatic heterocycles. The maximum atomic E-state index is 12.4. The Labute approximate surface area is 140 Å². The van der Waals surface area contributed by atoms with Gasteiger partial charge in [-0.1, -0.05) is 12.1 Å². The Hall–Kier alpha value is -1.08. The third-order valence-corrected chi connectivity index (χ3v) is 4.17. The van der Waals surface area contributed by atoms with E-state index in [1.165, 1.54) is 0 Å². The molecule has 0 aliphatic carbocycles. The minimum atomic E-state index is -0.121. The smallest absolute Gasteiger partial charge is 0.256 e. The summed E-state index contributed by atoms with van der Waals surface area (Å²) in [5.74, 6) is -0.121.